The zero-order valence-corrected chi connectivity index (χ0v) is 8.62. The van der Waals surface area contributed by atoms with Gasteiger partial charge in [-0.15, -0.1) is 0 Å². The Kier molecular flexibility index (Phi) is 2.66. The number of halogens is 2. The van der Waals surface area contributed by atoms with Crippen LogP contribution in [0.5, 0.6) is 0 Å². The molecule has 0 spiro atoms. The van der Waals surface area contributed by atoms with E-state index in [2.05, 4.69) is 0 Å². The number of carboxylic acids is 1. The van der Waals surface area contributed by atoms with Gasteiger partial charge in [0, 0.05) is 6.42 Å². The van der Waals surface area contributed by atoms with Gasteiger partial charge in [-0.1, -0.05) is 24.3 Å². The van der Waals surface area contributed by atoms with Crippen molar-refractivity contribution < 1.29 is 18.7 Å². The van der Waals surface area contributed by atoms with E-state index in [1.807, 2.05) is 12.1 Å². The highest BCUT2D eigenvalue weighted by atomic mass is 19.3. The van der Waals surface area contributed by atoms with Crippen molar-refractivity contribution in [1.82, 2.24) is 0 Å². The summed E-state index contributed by atoms with van der Waals surface area (Å²) >= 11 is 0. The molecule has 1 aromatic rings. The van der Waals surface area contributed by atoms with Crippen LogP contribution in [-0.2, 0) is 11.2 Å². The SMILES string of the molecule is O=C(O)C(F)(F)Cc1ccc(C2CC2)cc1. The zero-order chi connectivity index (χ0) is 11.8. The summed E-state index contributed by atoms with van der Waals surface area (Å²) in [6.07, 6.45) is 1.57. The predicted octanol–water partition coefficient (Wildman–Crippen LogP) is 2.83. The highest BCUT2D eigenvalue weighted by Crippen LogP contribution is 2.40. The topological polar surface area (TPSA) is 37.3 Å². The van der Waals surface area contributed by atoms with E-state index in [0.29, 0.717) is 11.5 Å². The van der Waals surface area contributed by atoms with Gasteiger partial charge in [0.05, 0.1) is 0 Å². The Morgan fingerprint density at radius 1 is 1.31 bits per heavy atom. The number of hydrogen-bond acceptors (Lipinski definition) is 1. The molecule has 1 aliphatic carbocycles. The van der Waals surface area contributed by atoms with Crippen molar-refractivity contribution in [3.05, 3.63) is 35.4 Å². The lowest BCUT2D eigenvalue weighted by Gasteiger charge is -2.11. The highest BCUT2D eigenvalue weighted by molar-refractivity contribution is 5.75. The van der Waals surface area contributed by atoms with Gasteiger partial charge < -0.3 is 5.11 Å². The van der Waals surface area contributed by atoms with Crippen LogP contribution in [0.15, 0.2) is 24.3 Å². The van der Waals surface area contributed by atoms with Crippen LogP contribution in [0.3, 0.4) is 0 Å². The van der Waals surface area contributed by atoms with Crippen LogP contribution in [0, 0.1) is 0 Å². The van der Waals surface area contributed by atoms with Crippen LogP contribution >= 0.6 is 0 Å². The molecule has 2 nitrogen and oxygen atoms in total. The number of rotatable bonds is 4. The fourth-order valence-corrected chi connectivity index (χ4v) is 1.66. The van der Waals surface area contributed by atoms with Crippen molar-refractivity contribution in [3.8, 4) is 0 Å². The molecule has 16 heavy (non-hydrogen) atoms. The van der Waals surface area contributed by atoms with E-state index in [1.165, 1.54) is 0 Å². The van der Waals surface area contributed by atoms with E-state index in [4.69, 9.17) is 5.11 Å². The molecular formula is C12H12F2O2. The van der Waals surface area contributed by atoms with Gasteiger partial charge in [0.25, 0.3) is 0 Å². The minimum absolute atomic E-state index is 0.358. The number of benzene rings is 1. The molecular weight excluding hydrogens is 214 g/mol. The van der Waals surface area contributed by atoms with E-state index < -0.39 is 18.3 Å². The fourth-order valence-electron chi connectivity index (χ4n) is 1.66. The minimum Gasteiger partial charge on any atom is -0.477 e. The summed E-state index contributed by atoms with van der Waals surface area (Å²) in [5.41, 5.74) is 1.51. The molecule has 0 radical (unpaired) electrons. The summed E-state index contributed by atoms with van der Waals surface area (Å²) in [5, 5.41) is 8.31. The average Bonchev–Trinajstić information content (AvgIpc) is 3.01. The Hall–Kier alpha value is -1.45. The molecule has 0 aliphatic heterocycles. The van der Waals surface area contributed by atoms with Gasteiger partial charge in [-0.05, 0) is 29.9 Å². The van der Waals surface area contributed by atoms with Gasteiger partial charge in [0.15, 0.2) is 0 Å². The van der Waals surface area contributed by atoms with Crippen molar-refractivity contribution in [2.45, 2.75) is 31.1 Å². The summed E-state index contributed by atoms with van der Waals surface area (Å²) in [4.78, 5) is 10.3. The largest absolute Gasteiger partial charge is 0.477 e. The minimum atomic E-state index is -3.68. The lowest BCUT2D eigenvalue weighted by atomic mass is 10.0. The molecule has 0 amide bonds. The summed E-state index contributed by atoms with van der Waals surface area (Å²) in [5.74, 6) is -5.17. The Morgan fingerprint density at radius 2 is 1.88 bits per heavy atom. The predicted molar refractivity (Wildman–Crippen MR) is 54.7 cm³/mol. The number of carbonyl (C=O) groups is 1. The molecule has 0 aromatic heterocycles. The lowest BCUT2D eigenvalue weighted by Crippen LogP contribution is -2.30. The molecule has 2 rings (SSSR count). The molecule has 4 heteroatoms. The second-order valence-corrected chi connectivity index (χ2v) is 4.20. The van der Waals surface area contributed by atoms with Crippen LogP contribution in [0.2, 0.25) is 0 Å². The number of aliphatic carboxylic acids is 1. The average molecular weight is 226 g/mol. The van der Waals surface area contributed by atoms with Gasteiger partial charge in [-0.25, -0.2) is 4.79 Å². The normalized spacial score (nSPS) is 16.1. The maximum absolute atomic E-state index is 12.9. The molecule has 0 bridgehead atoms. The van der Waals surface area contributed by atoms with Crippen molar-refractivity contribution in [1.29, 1.82) is 0 Å². The van der Waals surface area contributed by atoms with Gasteiger partial charge in [-0.3, -0.25) is 0 Å². The molecule has 0 saturated heterocycles. The molecule has 1 fully saturated rings. The van der Waals surface area contributed by atoms with Crippen LogP contribution < -0.4 is 0 Å². The molecule has 1 aliphatic rings. The van der Waals surface area contributed by atoms with Gasteiger partial charge >= 0.3 is 11.9 Å². The Labute approximate surface area is 91.9 Å². The first kappa shape index (κ1) is 11.0. The number of alkyl halides is 2. The standard InChI is InChI=1S/C12H12F2O2/c13-12(14,11(15)16)7-8-1-3-9(4-2-8)10-5-6-10/h1-4,10H,5-7H2,(H,15,16). The van der Waals surface area contributed by atoms with Crippen LogP contribution in [-0.4, -0.2) is 17.0 Å². The van der Waals surface area contributed by atoms with Crippen molar-refractivity contribution in [3.63, 3.8) is 0 Å². The van der Waals surface area contributed by atoms with Crippen LogP contribution in [0.1, 0.15) is 29.9 Å². The van der Waals surface area contributed by atoms with Crippen LogP contribution in [0.25, 0.3) is 0 Å². The number of carboxylic acid groups (broad SMARTS) is 1. The Bertz CT molecular complexity index is 394. The zero-order valence-electron chi connectivity index (χ0n) is 8.62. The second kappa shape index (κ2) is 3.85. The van der Waals surface area contributed by atoms with Gasteiger partial charge in [0.1, 0.15) is 0 Å². The maximum Gasteiger partial charge on any atom is 0.374 e. The summed E-state index contributed by atoms with van der Waals surface area (Å²) in [6.45, 7) is 0. The summed E-state index contributed by atoms with van der Waals surface area (Å²) in [7, 11) is 0. The van der Waals surface area contributed by atoms with E-state index in [-0.39, 0.29) is 0 Å². The quantitative estimate of drug-likeness (QED) is 0.857. The van der Waals surface area contributed by atoms with E-state index in [1.54, 1.807) is 12.1 Å². The van der Waals surface area contributed by atoms with Crippen LogP contribution in [0.4, 0.5) is 8.78 Å². The second-order valence-electron chi connectivity index (χ2n) is 4.20. The fraction of sp³-hybridized carbons (Fsp3) is 0.417. The third-order valence-corrected chi connectivity index (χ3v) is 2.77. The Morgan fingerprint density at radius 3 is 2.31 bits per heavy atom. The lowest BCUT2D eigenvalue weighted by molar-refractivity contribution is -0.164. The van der Waals surface area contributed by atoms with Gasteiger partial charge in [-0.2, -0.15) is 8.78 Å². The molecule has 0 unspecified atom stereocenters. The molecule has 1 aromatic carbocycles. The van der Waals surface area contributed by atoms with Crippen molar-refractivity contribution >= 4 is 5.97 Å². The first-order valence-electron chi connectivity index (χ1n) is 5.19. The first-order valence-corrected chi connectivity index (χ1v) is 5.19. The van der Waals surface area contributed by atoms with E-state index >= 15 is 0 Å². The molecule has 86 valence electrons. The van der Waals surface area contributed by atoms with Crippen molar-refractivity contribution in [2.24, 2.45) is 0 Å². The monoisotopic (exact) mass is 226 g/mol. The summed E-state index contributed by atoms with van der Waals surface area (Å²) < 4.78 is 25.8. The summed E-state index contributed by atoms with van der Waals surface area (Å²) in [6, 6.07) is 6.80. The number of hydrogen-bond donors (Lipinski definition) is 1. The Balaban J connectivity index is 2.07. The van der Waals surface area contributed by atoms with Crippen molar-refractivity contribution in [2.75, 3.05) is 0 Å². The smallest absolute Gasteiger partial charge is 0.374 e. The third-order valence-electron chi connectivity index (χ3n) is 2.77. The molecule has 1 N–H and O–H groups in total. The molecule has 0 heterocycles. The van der Waals surface area contributed by atoms with Gasteiger partial charge in [0.2, 0.25) is 0 Å². The maximum atomic E-state index is 12.9. The third kappa shape index (κ3) is 2.38. The first-order chi connectivity index (χ1) is 7.49. The van der Waals surface area contributed by atoms with E-state index in [0.717, 1.165) is 18.4 Å². The molecule has 1 saturated carbocycles. The highest BCUT2D eigenvalue weighted by Gasteiger charge is 2.38. The molecule has 0 atom stereocenters. The van der Waals surface area contributed by atoms with E-state index in [9.17, 15) is 13.6 Å².